The van der Waals surface area contributed by atoms with Gasteiger partial charge in [0.05, 0.1) is 5.60 Å². The SMILES string of the molecule is CN(CC1(O)CCOCC1)c1cccc(Cl)c1CN. The van der Waals surface area contributed by atoms with E-state index in [-0.39, 0.29) is 0 Å². The second-order valence-corrected chi connectivity index (χ2v) is 5.54. The summed E-state index contributed by atoms with van der Waals surface area (Å²) in [7, 11) is 1.96. The molecule has 0 aliphatic carbocycles. The Kier molecular flexibility index (Phi) is 4.68. The number of anilines is 1. The maximum atomic E-state index is 10.5. The van der Waals surface area contributed by atoms with Gasteiger partial charge >= 0.3 is 0 Å². The fourth-order valence-electron chi connectivity index (χ4n) is 2.54. The monoisotopic (exact) mass is 284 g/mol. The minimum absolute atomic E-state index is 0.390. The maximum absolute atomic E-state index is 10.5. The number of aliphatic hydroxyl groups is 1. The number of nitrogens with zero attached hydrogens (tertiary/aromatic N) is 1. The lowest BCUT2D eigenvalue weighted by atomic mass is 9.93. The van der Waals surface area contributed by atoms with E-state index >= 15 is 0 Å². The van der Waals surface area contributed by atoms with E-state index in [1.807, 2.05) is 30.1 Å². The zero-order valence-electron chi connectivity index (χ0n) is 11.2. The average molecular weight is 285 g/mol. The van der Waals surface area contributed by atoms with Crippen LogP contribution >= 0.6 is 11.6 Å². The molecule has 1 aliphatic rings. The fourth-order valence-corrected chi connectivity index (χ4v) is 2.79. The smallest absolute Gasteiger partial charge is 0.0865 e. The first-order chi connectivity index (χ1) is 9.06. The number of likely N-dealkylation sites (N-methyl/N-ethyl adjacent to an activating group) is 1. The topological polar surface area (TPSA) is 58.7 Å². The van der Waals surface area contributed by atoms with Crippen LogP contribution in [0.5, 0.6) is 0 Å². The molecule has 0 amide bonds. The Morgan fingerprint density at radius 1 is 1.42 bits per heavy atom. The number of benzene rings is 1. The molecule has 0 spiro atoms. The lowest BCUT2D eigenvalue weighted by molar-refractivity contribution is -0.0572. The van der Waals surface area contributed by atoms with Gasteiger partial charge in [0.25, 0.3) is 0 Å². The number of hydrogen-bond donors (Lipinski definition) is 2. The van der Waals surface area contributed by atoms with Crippen molar-refractivity contribution in [1.82, 2.24) is 0 Å². The first kappa shape index (κ1) is 14.6. The van der Waals surface area contributed by atoms with Crippen LogP contribution in [-0.4, -0.2) is 37.5 Å². The van der Waals surface area contributed by atoms with Crippen LogP contribution in [0.1, 0.15) is 18.4 Å². The van der Waals surface area contributed by atoms with Crippen LogP contribution in [0.3, 0.4) is 0 Å². The van der Waals surface area contributed by atoms with Crippen molar-refractivity contribution in [2.45, 2.75) is 25.0 Å². The maximum Gasteiger partial charge on any atom is 0.0865 e. The molecule has 2 rings (SSSR count). The van der Waals surface area contributed by atoms with E-state index in [2.05, 4.69) is 0 Å². The number of hydrogen-bond acceptors (Lipinski definition) is 4. The third-order valence-electron chi connectivity index (χ3n) is 3.66. The summed E-state index contributed by atoms with van der Waals surface area (Å²) in [5.74, 6) is 0. The molecule has 0 bridgehead atoms. The van der Waals surface area contributed by atoms with Gasteiger partial charge in [0, 0.05) is 62.5 Å². The first-order valence-corrected chi connectivity index (χ1v) is 6.92. The third-order valence-corrected chi connectivity index (χ3v) is 4.02. The summed E-state index contributed by atoms with van der Waals surface area (Å²) in [6, 6.07) is 5.72. The predicted molar refractivity (Wildman–Crippen MR) is 77.6 cm³/mol. The molecule has 19 heavy (non-hydrogen) atoms. The molecule has 5 heteroatoms. The van der Waals surface area contributed by atoms with E-state index in [9.17, 15) is 5.11 Å². The van der Waals surface area contributed by atoms with Gasteiger partial charge in [0.2, 0.25) is 0 Å². The number of rotatable bonds is 4. The summed E-state index contributed by atoms with van der Waals surface area (Å²) < 4.78 is 5.30. The van der Waals surface area contributed by atoms with Crippen molar-refractivity contribution in [1.29, 1.82) is 0 Å². The number of nitrogens with two attached hydrogens (primary N) is 1. The zero-order chi connectivity index (χ0) is 13.9. The Balaban J connectivity index is 2.15. The number of ether oxygens (including phenoxy) is 1. The molecule has 1 saturated heterocycles. The van der Waals surface area contributed by atoms with Crippen molar-refractivity contribution in [3.63, 3.8) is 0 Å². The summed E-state index contributed by atoms with van der Waals surface area (Å²) in [4.78, 5) is 2.03. The van der Waals surface area contributed by atoms with Crippen LogP contribution in [0.4, 0.5) is 5.69 Å². The van der Waals surface area contributed by atoms with Crippen LogP contribution in [0.25, 0.3) is 0 Å². The Hall–Kier alpha value is -0.810. The fraction of sp³-hybridized carbons (Fsp3) is 0.571. The Bertz CT molecular complexity index is 433. The largest absolute Gasteiger partial charge is 0.388 e. The molecular formula is C14H21ClN2O2. The van der Waals surface area contributed by atoms with E-state index in [4.69, 9.17) is 22.1 Å². The third kappa shape index (κ3) is 3.39. The van der Waals surface area contributed by atoms with Gasteiger partial charge in [-0.05, 0) is 12.1 Å². The van der Waals surface area contributed by atoms with E-state index in [0.717, 1.165) is 11.3 Å². The van der Waals surface area contributed by atoms with Crippen LogP contribution in [0.15, 0.2) is 18.2 Å². The van der Waals surface area contributed by atoms with Crippen LogP contribution in [0, 0.1) is 0 Å². The van der Waals surface area contributed by atoms with Crippen molar-refractivity contribution >= 4 is 17.3 Å². The molecule has 1 aromatic carbocycles. The lowest BCUT2D eigenvalue weighted by Gasteiger charge is -2.36. The lowest BCUT2D eigenvalue weighted by Crippen LogP contribution is -2.46. The highest BCUT2D eigenvalue weighted by Gasteiger charge is 2.31. The molecule has 3 N–H and O–H groups in total. The molecule has 0 saturated carbocycles. The summed E-state index contributed by atoms with van der Waals surface area (Å²) in [6.07, 6.45) is 1.33. The van der Waals surface area contributed by atoms with Crippen LogP contribution < -0.4 is 10.6 Å². The summed E-state index contributed by atoms with van der Waals surface area (Å²) in [6.45, 7) is 2.18. The molecule has 1 aromatic rings. The molecule has 106 valence electrons. The van der Waals surface area contributed by atoms with E-state index in [0.29, 0.717) is 44.2 Å². The van der Waals surface area contributed by atoms with E-state index in [1.54, 1.807) is 0 Å². The van der Waals surface area contributed by atoms with Crippen molar-refractivity contribution in [2.75, 3.05) is 31.7 Å². The quantitative estimate of drug-likeness (QED) is 0.885. The normalized spacial score (nSPS) is 18.3. The van der Waals surface area contributed by atoms with Crippen molar-refractivity contribution < 1.29 is 9.84 Å². The minimum Gasteiger partial charge on any atom is -0.388 e. The van der Waals surface area contributed by atoms with Gasteiger partial charge in [-0.3, -0.25) is 0 Å². The van der Waals surface area contributed by atoms with Gasteiger partial charge in [-0.2, -0.15) is 0 Å². The predicted octanol–water partition coefficient (Wildman–Crippen LogP) is 1.78. The highest BCUT2D eigenvalue weighted by Crippen LogP contribution is 2.29. The van der Waals surface area contributed by atoms with Crippen molar-refractivity contribution in [3.8, 4) is 0 Å². The Morgan fingerprint density at radius 2 is 2.11 bits per heavy atom. The highest BCUT2D eigenvalue weighted by atomic mass is 35.5. The molecule has 0 unspecified atom stereocenters. The summed E-state index contributed by atoms with van der Waals surface area (Å²) >= 11 is 6.16. The van der Waals surface area contributed by atoms with Gasteiger partial charge < -0.3 is 20.5 Å². The van der Waals surface area contributed by atoms with Crippen LogP contribution in [0.2, 0.25) is 5.02 Å². The molecule has 0 aromatic heterocycles. The minimum atomic E-state index is -0.693. The second kappa shape index (κ2) is 6.09. The molecule has 1 fully saturated rings. The number of halogens is 1. The molecule has 0 atom stereocenters. The summed E-state index contributed by atoms with van der Waals surface area (Å²) in [5, 5.41) is 11.2. The van der Waals surface area contributed by atoms with E-state index < -0.39 is 5.60 Å². The zero-order valence-corrected chi connectivity index (χ0v) is 12.0. The Morgan fingerprint density at radius 3 is 2.74 bits per heavy atom. The van der Waals surface area contributed by atoms with Gasteiger partial charge in [-0.25, -0.2) is 0 Å². The molecule has 4 nitrogen and oxygen atoms in total. The van der Waals surface area contributed by atoms with Gasteiger partial charge in [-0.15, -0.1) is 0 Å². The summed E-state index contributed by atoms with van der Waals surface area (Å²) in [5.41, 5.74) is 6.97. The van der Waals surface area contributed by atoms with Crippen molar-refractivity contribution in [3.05, 3.63) is 28.8 Å². The van der Waals surface area contributed by atoms with Gasteiger partial charge in [0.1, 0.15) is 0 Å². The first-order valence-electron chi connectivity index (χ1n) is 6.54. The molecular weight excluding hydrogens is 264 g/mol. The molecule has 1 aliphatic heterocycles. The molecule has 1 heterocycles. The van der Waals surface area contributed by atoms with Gasteiger partial charge in [-0.1, -0.05) is 17.7 Å². The Labute approximate surface area is 119 Å². The van der Waals surface area contributed by atoms with Crippen LogP contribution in [-0.2, 0) is 11.3 Å². The highest BCUT2D eigenvalue weighted by molar-refractivity contribution is 6.31. The van der Waals surface area contributed by atoms with Crippen molar-refractivity contribution in [2.24, 2.45) is 5.73 Å². The second-order valence-electron chi connectivity index (χ2n) is 5.13. The molecule has 0 radical (unpaired) electrons. The standard InChI is InChI=1S/C14H21ClN2O2/c1-17(10-14(18)5-7-19-8-6-14)13-4-2-3-12(15)11(13)9-16/h2-4,18H,5-10,16H2,1H3. The van der Waals surface area contributed by atoms with Gasteiger partial charge in [0.15, 0.2) is 0 Å². The average Bonchev–Trinajstić information content (AvgIpc) is 2.38. The van der Waals surface area contributed by atoms with E-state index in [1.165, 1.54) is 0 Å².